The summed E-state index contributed by atoms with van der Waals surface area (Å²) in [5.41, 5.74) is 3.83. The third kappa shape index (κ3) is 3.70. The number of aliphatic hydroxyl groups is 1. The minimum Gasteiger partial charge on any atom is -0.387 e. The molecule has 20 heavy (non-hydrogen) atoms. The fraction of sp³-hybridized carbons (Fsp3) is 0.688. The maximum Gasteiger partial charge on any atom is 0.0944 e. The van der Waals surface area contributed by atoms with Gasteiger partial charge in [0.15, 0.2) is 0 Å². The summed E-state index contributed by atoms with van der Waals surface area (Å²) < 4.78 is 1.72. The molecule has 0 aromatic carbocycles. The van der Waals surface area contributed by atoms with E-state index in [2.05, 4.69) is 31.2 Å². The normalized spacial score (nSPS) is 24.8. The largest absolute Gasteiger partial charge is 0.387 e. The first-order valence-electron chi connectivity index (χ1n) is 7.53. The lowest BCUT2D eigenvalue weighted by molar-refractivity contribution is 0.167. The molecule has 1 aromatic rings. The molecule has 0 aliphatic heterocycles. The Hall–Kier alpha value is -1.13. The molecule has 1 fully saturated rings. The van der Waals surface area contributed by atoms with E-state index in [0.29, 0.717) is 12.6 Å². The van der Waals surface area contributed by atoms with Crippen LogP contribution in [-0.4, -0.2) is 27.5 Å². The summed E-state index contributed by atoms with van der Waals surface area (Å²) in [4.78, 5) is 0. The number of allylic oxidation sites excluding steroid dienone is 1. The van der Waals surface area contributed by atoms with Crippen molar-refractivity contribution in [1.29, 1.82) is 0 Å². The van der Waals surface area contributed by atoms with Crippen molar-refractivity contribution in [2.45, 2.75) is 52.2 Å². The van der Waals surface area contributed by atoms with Crippen LogP contribution < -0.4 is 5.32 Å². The van der Waals surface area contributed by atoms with Crippen LogP contribution in [0.4, 0.5) is 0 Å². The van der Waals surface area contributed by atoms with Gasteiger partial charge in [0.05, 0.1) is 12.3 Å². The second-order valence-electron chi connectivity index (χ2n) is 6.33. The minimum atomic E-state index is -0.487. The van der Waals surface area contributed by atoms with Crippen LogP contribution in [0.3, 0.4) is 0 Å². The van der Waals surface area contributed by atoms with Gasteiger partial charge in [-0.1, -0.05) is 18.1 Å². The highest BCUT2D eigenvalue weighted by Gasteiger charge is 2.24. The highest BCUT2D eigenvalue weighted by Crippen LogP contribution is 2.30. The van der Waals surface area contributed by atoms with Crippen LogP contribution in [0.5, 0.6) is 0 Å². The van der Waals surface area contributed by atoms with Gasteiger partial charge in [-0.05, 0) is 39.0 Å². The molecule has 0 unspecified atom stereocenters. The van der Waals surface area contributed by atoms with E-state index in [4.69, 9.17) is 0 Å². The van der Waals surface area contributed by atoms with Crippen molar-refractivity contribution in [1.82, 2.24) is 15.1 Å². The minimum absolute atomic E-state index is 0.412. The van der Waals surface area contributed by atoms with Crippen molar-refractivity contribution >= 4 is 0 Å². The molecule has 1 heterocycles. The molecule has 0 radical (unpaired) electrons. The number of aromatic nitrogens is 2. The molecule has 0 spiro atoms. The summed E-state index contributed by atoms with van der Waals surface area (Å²) in [6, 6.07) is 0.412. The van der Waals surface area contributed by atoms with Crippen LogP contribution in [0.1, 0.15) is 51.7 Å². The second kappa shape index (κ2) is 6.55. The Morgan fingerprint density at radius 1 is 1.55 bits per heavy atom. The third-order valence-corrected chi connectivity index (χ3v) is 4.27. The Labute approximate surface area is 121 Å². The number of aryl methyl sites for hydroxylation is 1. The number of aliphatic hydroxyl groups excluding tert-OH is 1. The van der Waals surface area contributed by atoms with Crippen molar-refractivity contribution in [2.75, 3.05) is 6.54 Å². The molecule has 1 saturated carbocycles. The monoisotopic (exact) mass is 277 g/mol. The number of rotatable bonds is 4. The van der Waals surface area contributed by atoms with Gasteiger partial charge >= 0.3 is 0 Å². The van der Waals surface area contributed by atoms with Crippen LogP contribution in [0, 0.1) is 5.92 Å². The summed E-state index contributed by atoms with van der Waals surface area (Å²) in [5, 5.41) is 17.9. The average molecular weight is 277 g/mol. The first kappa shape index (κ1) is 15.3. The predicted molar refractivity (Wildman–Crippen MR) is 81.3 cm³/mol. The first-order chi connectivity index (χ1) is 9.47. The molecule has 0 bridgehead atoms. The fourth-order valence-corrected chi connectivity index (χ4v) is 3.03. The van der Waals surface area contributed by atoms with Gasteiger partial charge < -0.3 is 10.4 Å². The lowest BCUT2D eigenvalue weighted by Crippen LogP contribution is -2.38. The van der Waals surface area contributed by atoms with Crippen molar-refractivity contribution < 1.29 is 5.11 Å². The average Bonchev–Trinajstić information content (AvgIpc) is 2.82. The SMILES string of the molecule is CC(C)=C1CC[C@@H](C)C[C@H]1NC[C@@H](O)c1cnn(C)c1. The van der Waals surface area contributed by atoms with E-state index in [9.17, 15) is 5.11 Å². The van der Waals surface area contributed by atoms with Gasteiger partial charge in [-0.25, -0.2) is 0 Å². The lowest BCUT2D eigenvalue weighted by atomic mass is 9.81. The van der Waals surface area contributed by atoms with Crippen LogP contribution in [0.2, 0.25) is 0 Å². The zero-order valence-corrected chi connectivity index (χ0v) is 13.1. The maximum atomic E-state index is 10.2. The quantitative estimate of drug-likeness (QED) is 0.832. The molecule has 0 saturated heterocycles. The van der Waals surface area contributed by atoms with Crippen molar-refractivity contribution in [3.05, 3.63) is 29.1 Å². The van der Waals surface area contributed by atoms with Gasteiger partial charge in [0.1, 0.15) is 0 Å². The first-order valence-corrected chi connectivity index (χ1v) is 7.53. The molecule has 1 aliphatic carbocycles. The molecule has 4 nitrogen and oxygen atoms in total. The Morgan fingerprint density at radius 3 is 2.90 bits per heavy atom. The van der Waals surface area contributed by atoms with Crippen molar-refractivity contribution in [3.8, 4) is 0 Å². The highest BCUT2D eigenvalue weighted by molar-refractivity contribution is 5.19. The molecular weight excluding hydrogens is 250 g/mol. The van der Waals surface area contributed by atoms with E-state index < -0.39 is 6.10 Å². The highest BCUT2D eigenvalue weighted by atomic mass is 16.3. The molecule has 1 aliphatic rings. The molecule has 0 amide bonds. The third-order valence-electron chi connectivity index (χ3n) is 4.27. The van der Waals surface area contributed by atoms with E-state index in [1.165, 1.54) is 30.4 Å². The molecule has 2 N–H and O–H groups in total. The van der Waals surface area contributed by atoms with E-state index in [1.807, 2.05) is 13.2 Å². The predicted octanol–water partition coefficient (Wildman–Crippen LogP) is 2.57. The summed E-state index contributed by atoms with van der Waals surface area (Å²) in [7, 11) is 1.87. The van der Waals surface area contributed by atoms with E-state index in [-0.39, 0.29) is 0 Å². The van der Waals surface area contributed by atoms with Gasteiger partial charge in [0.2, 0.25) is 0 Å². The number of nitrogens with one attached hydrogen (secondary N) is 1. The maximum absolute atomic E-state index is 10.2. The topological polar surface area (TPSA) is 50.1 Å². The molecule has 4 heteroatoms. The van der Waals surface area contributed by atoms with Crippen LogP contribution in [0.15, 0.2) is 23.5 Å². The zero-order chi connectivity index (χ0) is 14.7. The summed E-state index contributed by atoms with van der Waals surface area (Å²) in [6.45, 7) is 7.28. The summed E-state index contributed by atoms with van der Waals surface area (Å²) >= 11 is 0. The van der Waals surface area contributed by atoms with Gasteiger partial charge in [-0.15, -0.1) is 0 Å². The van der Waals surface area contributed by atoms with Crippen LogP contribution in [-0.2, 0) is 7.05 Å². The summed E-state index contributed by atoms with van der Waals surface area (Å²) in [5.74, 6) is 0.756. The van der Waals surface area contributed by atoms with Gasteiger partial charge in [0.25, 0.3) is 0 Å². The Morgan fingerprint density at radius 2 is 2.30 bits per heavy atom. The lowest BCUT2D eigenvalue weighted by Gasteiger charge is -2.32. The number of nitrogens with zero attached hydrogens (tertiary/aromatic N) is 2. The standard InChI is InChI=1S/C16H27N3O/c1-11(2)14-6-5-12(3)7-15(14)17-9-16(20)13-8-18-19(4)10-13/h8,10,12,15-17,20H,5-7,9H2,1-4H3/t12-,15-,16-/m1/s1. The number of hydrogen-bond acceptors (Lipinski definition) is 3. The zero-order valence-electron chi connectivity index (χ0n) is 13.1. The van der Waals surface area contributed by atoms with E-state index in [0.717, 1.165) is 11.5 Å². The van der Waals surface area contributed by atoms with Crippen LogP contribution in [0.25, 0.3) is 0 Å². The number of hydrogen-bond donors (Lipinski definition) is 2. The Balaban J connectivity index is 1.95. The summed E-state index contributed by atoms with van der Waals surface area (Å²) in [6.07, 6.45) is 6.75. The molecular formula is C16H27N3O. The van der Waals surface area contributed by atoms with Crippen LogP contribution >= 0.6 is 0 Å². The molecule has 2 rings (SSSR count). The Kier molecular flexibility index (Phi) is 5.00. The molecule has 112 valence electrons. The van der Waals surface area contributed by atoms with Gasteiger partial charge in [-0.2, -0.15) is 5.10 Å². The van der Waals surface area contributed by atoms with E-state index in [1.54, 1.807) is 10.9 Å². The smallest absolute Gasteiger partial charge is 0.0944 e. The molecule has 3 atom stereocenters. The fourth-order valence-electron chi connectivity index (χ4n) is 3.03. The van der Waals surface area contributed by atoms with Crippen molar-refractivity contribution in [3.63, 3.8) is 0 Å². The van der Waals surface area contributed by atoms with Gasteiger partial charge in [0, 0.05) is 31.4 Å². The van der Waals surface area contributed by atoms with E-state index >= 15 is 0 Å². The van der Waals surface area contributed by atoms with Crippen molar-refractivity contribution in [2.24, 2.45) is 13.0 Å². The second-order valence-corrected chi connectivity index (χ2v) is 6.33. The van der Waals surface area contributed by atoms with Gasteiger partial charge in [-0.3, -0.25) is 4.68 Å². The molecule has 1 aromatic heterocycles. The Bertz CT molecular complexity index is 474.